The van der Waals surface area contributed by atoms with Gasteiger partial charge in [-0.25, -0.2) is 4.79 Å². The minimum Gasteiger partial charge on any atom is -0.496 e. The van der Waals surface area contributed by atoms with Crippen LogP contribution in [0.2, 0.25) is 0 Å². The zero-order valence-electron chi connectivity index (χ0n) is 14.4. The third-order valence-electron chi connectivity index (χ3n) is 3.31. The van der Waals surface area contributed by atoms with Crippen molar-refractivity contribution in [3.63, 3.8) is 0 Å². The van der Waals surface area contributed by atoms with Crippen LogP contribution in [-0.4, -0.2) is 38.1 Å². The van der Waals surface area contributed by atoms with Crippen LogP contribution in [0, 0.1) is 0 Å². The van der Waals surface area contributed by atoms with E-state index in [-0.39, 0.29) is 12.2 Å². The smallest absolute Gasteiger partial charge is 0.338 e. The van der Waals surface area contributed by atoms with Gasteiger partial charge in [0.05, 0.1) is 24.2 Å². The number of amides is 2. The molecule has 0 atom stereocenters. The highest BCUT2D eigenvalue weighted by Crippen LogP contribution is 2.21. The molecule has 1 heterocycles. The van der Waals surface area contributed by atoms with Gasteiger partial charge in [-0.3, -0.25) is 14.9 Å². The zero-order valence-corrected chi connectivity index (χ0v) is 15.3. The van der Waals surface area contributed by atoms with Crippen molar-refractivity contribution in [2.75, 3.05) is 20.3 Å². The highest BCUT2D eigenvalue weighted by atomic mass is 32.1. The van der Waals surface area contributed by atoms with Gasteiger partial charge in [0.1, 0.15) is 5.75 Å². The number of benzene rings is 1. The lowest BCUT2D eigenvalue weighted by molar-refractivity contribution is -0.123. The Kier molecular flexibility index (Phi) is 7.31. The Bertz CT molecular complexity index is 772. The summed E-state index contributed by atoms with van der Waals surface area (Å²) in [5, 5.41) is 3.89. The third kappa shape index (κ3) is 5.40. The number of esters is 1. The molecule has 1 aromatic heterocycles. The summed E-state index contributed by atoms with van der Waals surface area (Å²) < 4.78 is 15.5. The second-order valence-corrected chi connectivity index (χ2v) is 6.04. The summed E-state index contributed by atoms with van der Waals surface area (Å²) in [5.41, 5.74) is 0.957. The Morgan fingerprint density at radius 2 is 2.00 bits per heavy atom. The zero-order chi connectivity index (χ0) is 18.9. The molecule has 0 bridgehead atoms. The molecule has 0 fully saturated rings. The quantitative estimate of drug-likeness (QED) is 0.711. The predicted octanol–water partition coefficient (Wildman–Crippen LogP) is 2.41. The molecule has 138 valence electrons. The Morgan fingerprint density at radius 3 is 2.65 bits per heavy atom. The second-order valence-electron chi connectivity index (χ2n) is 5.09. The van der Waals surface area contributed by atoms with Gasteiger partial charge >= 0.3 is 5.97 Å². The summed E-state index contributed by atoms with van der Waals surface area (Å²) in [7, 11) is 1.53. The molecule has 8 heteroatoms. The average Bonchev–Trinajstić information content (AvgIpc) is 3.19. The summed E-state index contributed by atoms with van der Waals surface area (Å²) in [6.45, 7) is 2.12. The lowest BCUT2D eigenvalue weighted by Crippen LogP contribution is -2.33. The van der Waals surface area contributed by atoms with Crippen LogP contribution >= 0.6 is 11.3 Å². The first kappa shape index (κ1) is 19.6. The molecule has 26 heavy (non-hydrogen) atoms. The van der Waals surface area contributed by atoms with Crippen molar-refractivity contribution in [3.8, 4) is 5.75 Å². The number of methoxy groups -OCH3 is 1. The number of carbonyl (C=O) groups is 3. The summed E-state index contributed by atoms with van der Waals surface area (Å²) in [4.78, 5) is 36.0. The first-order valence-corrected chi connectivity index (χ1v) is 8.72. The molecular formula is C18H19NO6S. The van der Waals surface area contributed by atoms with E-state index in [2.05, 4.69) is 5.32 Å². The van der Waals surface area contributed by atoms with E-state index >= 15 is 0 Å². The van der Waals surface area contributed by atoms with E-state index in [0.717, 1.165) is 0 Å². The van der Waals surface area contributed by atoms with Gasteiger partial charge in [0.25, 0.3) is 11.8 Å². The molecule has 2 aromatic rings. The van der Waals surface area contributed by atoms with Crippen molar-refractivity contribution in [1.29, 1.82) is 0 Å². The molecule has 0 radical (unpaired) electrons. The van der Waals surface area contributed by atoms with Crippen molar-refractivity contribution in [3.05, 3.63) is 51.7 Å². The van der Waals surface area contributed by atoms with Crippen LogP contribution in [0.5, 0.6) is 5.75 Å². The Morgan fingerprint density at radius 1 is 1.19 bits per heavy atom. The van der Waals surface area contributed by atoms with Gasteiger partial charge in [0.15, 0.2) is 6.61 Å². The molecule has 7 nitrogen and oxygen atoms in total. The van der Waals surface area contributed by atoms with E-state index in [1.807, 2.05) is 6.92 Å². The van der Waals surface area contributed by atoms with Gasteiger partial charge in [-0.1, -0.05) is 6.07 Å². The summed E-state index contributed by atoms with van der Waals surface area (Å²) >= 11 is 1.21. The largest absolute Gasteiger partial charge is 0.496 e. The van der Waals surface area contributed by atoms with Crippen molar-refractivity contribution in [2.24, 2.45) is 0 Å². The molecule has 0 saturated carbocycles. The lowest BCUT2D eigenvalue weighted by atomic mass is 10.1. The highest BCUT2D eigenvalue weighted by Gasteiger charge is 2.15. The Labute approximate surface area is 154 Å². The fraction of sp³-hybridized carbons (Fsp3) is 0.278. The number of thiophene rings is 1. The lowest BCUT2D eigenvalue weighted by Gasteiger charge is -2.11. The molecule has 0 unspecified atom stereocenters. The number of hydrogen-bond donors (Lipinski definition) is 1. The van der Waals surface area contributed by atoms with Crippen molar-refractivity contribution < 1.29 is 28.6 Å². The number of hydrogen-bond acceptors (Lipinski definition) is 7. The van der Waals surface area contributed by atoms with Crippen LogP contribution in [0.3, 0.4) is 0 Å². The van der Waals surface area contributed by atoms with Gasteiger partial charge in [0, 0.05) is 12.2 Å². The molecule has 0 saturated heterocycles. The Hall–Kier alpha value is -2.71. The van der Waals surface area contributed by atoms with E-state index in [4.69, 9.17) is 14.2 Å². The first-order chi connectivity index (χ1) is 12.5. The maximum absolute atomic E-state index is 12.1. The number of nitrogens with one attached hydrogen (secondary N) is 1. The van der Waals surface area contributed by atoms with Crippen LogP contribution in [0.4, 0.5) is 0 Å². The van der Waals surface area contributed by atoms with Crippen molar-refractivity contribution in [1.82, 2.24) is 5.32 Å². The van der Waals surface area contributed by atoms with E-state index in [9.17, 15) is 14.4 Å². The van der Waals surface area contributed by atoms with E-state index < -0.39 is 24.4 Å². The van der Waals surface area contributed by atoms with Crippen LogP contribution in [-0.2, 0) is 20.9 Å². The second kappa shape index (κ2) is 9.69. The van der Waals surface area contributed by atoms with Crippen LogP contribution in [0.15, 0.2) is 35.7 Å². The maximum Gasteiger partial charge on any atom is 0.338 e. The van der Waals surface area contributed by atoms with Crippen LogP contribution < -0.4 is 10.1 Å². The highest BCUT2D eigenvalue weighted by molar-refractivity contribution is 7.12. The molecule has 1 N–H and O–H groups in total. The molecule has 2 amide bonds. The number of imide groups is 1. The summed E-state index contributed by atoms with van der Waals surface area (Å²) in [6, 6.07) is 8.05. The topological polar surface area (TPSA) is 90.9 Å². The van der Waals surface area contributed by atoms with Crippen molar-refractivity contribution in [2.45, 2.75) is 13.5 Å². The van der Waals surface area contributed by atoms with Gasteiger partial charge in [-0.15, -0.1) is 11.3 Å². The molecule has 0 aliphatic carbocycles. The third-order valence-corrected chi connectivity index (χ3v) is 4.18. The number of carbonyl (C=O) groups excluding carboxylic acids is 3. The van der Waals surface area contributed by atoms with Crippen molar-refractivity contribution >= 4 is 29.1 Å². The van der Waals surface area contributed by atoms with Crippen LogP contribution in [0.25, 0.3) is 0 Å². The van der Waals surface area contributed by atoms with Gasteiger partial charge in [-0.2, -0.15) is 0 Å². The fourth-order valence-electron chi connectivity index (χ4n) is 2.08. The SMILES string of the molecule is CCOCc1cc(C(=O)OCC(=O)NC(=O)c2cccs2)ccc1OC. The molecule has 0 spiro atoms. The minimum atomic E-state index is -0.695. The summed E-state index contributed by atoms with van der Waals surface area (Å²) in [5.74, 6) is -1.30. The monoisotopic (exact) mass is 377 g/mol. The minimum absolute atomic E-state index is 0.262. The maximum atomic E-state index is 12.1. The summed E-state index contributed by atoms with van der Waals surface area (Å²) in [6.07, 6.45) is 0. The first-order valence-electron chi connectivity index (χ1n) is 7.84. The van der Waals surface area contributed by atoms with Gasteiger partial charge < -0.3 is 14.2 Å². The molecular weight excluding hydrogens is 358 g/mol. The molecule has 2 rings (SSSR count). The average molecular weight is 377 g/mol. The van der Waals surface area contributed by atoms with Gasteiger partial charge in [0.2, 0.25) is 0 Å². The Balaban J connectivity index is 1.92. The molecule has 0 aliphatic rings. The normalized spacial score (nSPS) is 10.2. The standard InChI is InChI=1S/C18H19NO6S/c1-3-24-10-13-9-12(6-7-14(13)23-2)18(22)25-11-16(20)19-17(21)15-5-4-8-26-15/h4-9H,3,10-11H2,1-2H3,(H,19,20,21). The fourth-order valence-corrected chi connectivity index (χ4v) is 2.70. The van der Waals surface area contributed by atoms with E-state index in [0.29, 0.717) is 22.8 Å². The number of ether oxygens (including phenoxy) is 3. The van der Waals surface area contributed by atoms with Gasteiger partial charge in [-0.05, 0) is 36.6 Å². The van der Waals surface area contributed by atoms with E-state index in [1.54, 1.807) is 29.6 Å². The molecule has 1 aromatic carbocycles. The predicted molar refractivity (Wildman–Crippen MR) is 95.4 cm³/mol. The van der Waals surface area contributed by atoms with Crippen LogP contribution in [0.1, 0.15) is 32.5 Å². The number of rotatable bonds is 8. The molecule has 0 aliphatic heterocycles. The van der Waals surface area contributed by atoms with E-state index in [1.165, 1.54) is 24.5 Å².